The zero-order valence-corrected chi connectivity index (χ0v) is 11.1. The lowest BCUT2D eigenvalue weighted by atomic mass is 10.3. The van der Waals surface area contributed by atoms with Crippen LogP contribution >= 0.6 is 0 Å². The highest BCUT2D eigenvalue weighted by Crippen LogP contribution is 2.15. The Hall–Kier alpha value is -1.09. The second kappa shape index (κ2) is 6.90. The summed E-state index contributed by atoms with van der Waals surface area (Å²) in [6, 6.07) is 2.17. The molecule has 8 heteroatoms. The molecule has 1 atom stereocenters. The van der Waals surface area contributed by atoms with Crippen molar-refractivity contribution >= 4 is 10.0 Å². The topological polar surface area (TPSA) is 75.6 Å². The summed E-state index contributed by atoms with van der Waals surface area (Å²) < 4.78 is 56.4. The summed E-state index contributed by atoms with van der Waals surface area (Å²) in [4.78, 5) is -0.756. The van der Waals surface area contributed by atoms with E-state index in [1.807, 2.05) is 0 Å². The number of nitrogens with one attached hydrogen (secondary N) is 1. The van der Waals surface area contributed by atoms with Crippen molar-refractivity contribution in [1.82, 2.24) is 4.72 Å². The number of methoxy groups -OCH3 is 1. The monoisotopic (exact) mass is 295 g/mol. The Kier molecular flexibility index (Phi) is 5.80. The number of hydrogen-bond acceptors (Lipinski definition) is 4. The minimum absolute atomic E-state index is 0.0655. The zero-order chi connectivity index (χ0) is 14.5. The Morgan fingerprint density at radius 3 is 2.74 bits per heavy atom. The van der Waals surface area contributed by atoms with Crippen LogP contribution in [0, 0.1) is 11.6 Å². The van der Waals surface area contributed by atoms with Gasteiger partial charge in [0, 0.05) is 13.7 Å². The molecule has 0 fully saturated rings. The van der Waals surface area contributed by atoms with Gasteiger partial charge in [0.15, 0.2) is 0 Å². The fourth-order valence-corrected chi connectivity index (χ4v) is 2.53. The van der Waals surface area contributed by atoms with Crippen LogP contribution in [0.2, 0.25) is 0 Å². The molecule has 19 heavy (non-hydrogen) atoms. The summed E-state index contributed by atoms with van der Waals surface area (Å²) in [5, 5.41) is 9.32. The molecule has 1 aromatic rings. The molecule has 0 spiro atoms. The summed E-state index contributed by atoms with van der Waals surface area (Å²) in [6.45, 7) is -0.0428. The molecular weight excluding hydrogens is 280 g/mol. The van der Waals surface area contributed by atoms with E-state index in [0.29, 0.717) is 6.07 Å². The van der Waals surface area contributed by atoms with Gasteiger partial charge in [-0.25, -0.2) is 21.9 Å². The Morgan fingerprint density at radius 2 is 2.11 bits per heavy atom. The average molecular weight is 295 g/mol. The summed E-state index contributed by atoms with van der Waals surface area (Å²) >= 11 is 0. The van der Waals surface area contributed by atoms with E-state index in [0.717, 1.165) is 12.1 Å². The van der Waals surface area contributed by atoms with Crippen LogP contribution in [0.25, 0.3) is 0 Å². The number of sulfonamides is 1. The predicted octanol–water partition coefficient (Wildman–Crippen LogP) is 0.640. The van der Waals surface area contributed by atoms with Gasteiger partial charge in [-0.3, -0.25) is 0 Å². The molecule has 0 aliphatic heterocycles. The standard InChI is InChI=1S/C11H15F2NO4S/c1-18-7-9(15)4-5-14-19(16,17)11-6-8(12)2-3-10(11)13/h2-3,6,9,14-15H,4-5,7H2,1H3. The van der Waals surface area contributed by atoms with E-state index in [-0.39, 0.29) is 19.6 Å². The summed E-state index contributed by atoms with van der Waals surface area (Å²) in [5.74, 6) is -1.88. The van der Waals surface area contributed by atoms with Crippen molar-refractivity contribution in [2.24, 2.45) is 0 Å². The Balaban J connectivity index is 2.68. The minimum Gasteiger partial charge on any atom is -0.391 e. The van der Waals surface area contributed by atoms with Crippen LogP contribution in [-0.2, 0) is 14.8 Å². The number of aliphatic hydroxyl groups excluding tert-OH is 1. The normalized spacial score (nSPS) is 13.5. The van der Waals surface area contributed by atoms with E-state index in [9.17, 15) is 22.3 Å². The first-order valence-corrected chi connectivity index (χ1v) is 6.97. The zero-order valence-electron chi connectivity index (χ0n) is 10.3. The maximum absolute atomic E-state index is 13.3. The number of rotatable bonds is 7. The van der Waals surface area contributed by atoms with E-state index in [2.05, 4.69) is 9.46 Å². The van der Waals surface area contributed by atoms with E-state index in [4.69, 9.17) is 0 Å². The maximum Gasteiger partial charge on any atom is 0.243 e. The van der Waals surface area contributed by atoms with Gasteiger partial charge < -0.3 is 9.84 Å². The Labute approximate surface area is 110 Å². The smallest absolute Gasteiger partial charge is 0.243 e. The van der Waals surface area contributed by atoms with E-state index in [1.54, 1.807) is 0 Å². The largest absolute Gasteiger partial charge is 0.391 e. The van der Waals surface area contributed by atoms with Crippen LogP contribution in [-0.4, -0.2) is 39.9 Å². The first kappa shape index (κ1) is 16.0. The van der Waals surface area contributed by atoms with Gasteiger partial charge in [-0.15, -0.1) is 0 Å². The van der Waals surface area contributed by atoms with Gasteiger partial charge in [0.25, 0.3) is 0 Å². The molecule has 0 amide bonds. The molecule has 0 radical (unpaired) electrons. The molecule has 0 aliphatic rings. The van der Waals surface area contributed by atoms with Crippen molar-refractivity contribution in [3.8, 4) is 0 Å². The van der Waals surface area contributed by atoms with E-state index >= 15 is 0 Å². The number of halogens is 2. The molecular formula is C11H15F2NO4S. The van der Waals surface area contributed by atoms with Gasteiger partial charge in [-0.2, -0.15) is 0 Å². The van der Waals surface area contributed by atoms with Crippen LogP contribution in [0.5, 0.6) is 0 Å². The van der Waals surface area contributed by atoms with Crippen LogP contribution in [0.1, 0.15) is 6.42 Å². The Bertz CT molecular complexity index is 521. The van der Waals surface area contributed by atoms with Gasteiger partial charge in [-0.05, 0) is 24.6 Å². The first-order chi connectivity index (χ1) is 8.86. The fraction of sp³-hybridized carbons (Fsp3) is 0.455. The number of aliphatic hydroxyl groups is 1. The molecule has 0 aromatic heterocycles. The highest BCUT2D eigenvalue weighted by Gasteiger charge is 2.19. The van der Waals surface area contributed by atoms with Gasteiger partial charge in [0.05, 0.1) is 12.7 Å². The first-order valence-electron chi connectivity index (χ1n) is 5.48. The molecule has 0 saturated heterocycles. The molecule has 1 unspecified atom stereocenters. The molecule has 0 bridgehead atoms. The third-order valence-corrected chi connectivity index (χ3v) is 3.79. The fourth-order valence-electron chi connectivity index (χ4n) is 1.40. The third kappa shape index (κ3) is 4.83. The average Bonchev–Trinajstić information content (AvgIpc) is 2.32. The van der Waals surface area contributed by atoms with Crippen molar-refractivity contribution in [3.63, 3.8) is 0 Å². The summed E-state index contributed by atoms with van der Waals surface area (Å²) in [7, 11) is -2.74. The SMILES string of the molecule is COCC(O)CCNS(=O)(=O)c1cc(F)ccc1F. The van der Waals surface area contributed by atoms with Crippen molar-refractivity contribution < 1.29 is 27.0 Å². The van der Waals surface area contributed by atoms with Gasteiger partial charge in [-0.1, -0.05) is 0 Å². The highest BCUT2D eigenvalue weighted by molar-refractivity contribution is 7.89. The van der Waals surface area contributed by atoms with Crippen molar-refractivity contribution in [3.05, 3.63) is 29.8 Å². The molecule has 1 aromatic carbocycles. The van der Waals surface area contributed by atoms with Gasteiger partial charge in [0.2, 0.25) is 10.0 Å². The molecule has 1 rings (SSSR count). The molecule has 108 valence electrons. The summed E-state index contributed by atoms with van der Waals surface area (Å²) in [6.07, 6.45) is -0.727. The van der Waals surface area contributed by atoms with Crippen molar-refractivity contribution in [2.45, 2.75) is 17.4 Å². The lowest BCUT2D eigenvalue weighted by Crippen LogP contribution is -2.29. The lowest BCUT2D eigenvalue weighted by Gasteiger charge is -2.11. The molecule has 2 N–H and O–H groups in total. The van der Waals surface area contributed by atoms with Crippen LogP contribution in [0.3, 0.4) is 0 Å². The molecule has 0 heterocycles. The lowest BCUT2D eigenvalue weighted by molar-refractivity contribution is 0.0603. The molecule has 0 saturated carbocycles. The number of benzene rings is 1. The van der Waals surface area contributed by atoms with E-state index < -0.39 is 32.7 Å². The maximum atomic E-state index is 13.3. The summed E-state index contributed by atoms with van der Waals surface area (Å²) in [5.41, 5.74) is 0. The van der Waals surface area contributed by atoms with Crippen molar-refractivity contribution in [2.75, 3.05) is 20.3 Å². The second-order valence-electron chi connectivity index (χ2n) is 3.87. The second-order valence-corrected chi connectivity index (χ2v) is 5.61. The number of ether oxygens (including phenoxy) is 1. The van der Waals surface area contributed by atoms with Gasteiger partial charge >= 0.3 is 0 Å². The predicted molar refractivity (Wildman–Crippen MR) is 64.0 cm³/mol. The highest BCUT2D eigenvalue weighted by atomic mass is 32.2. The minimum atomic E-state index is -4.14. The Morgan fingerprint density at radius 1 is 1.42 bits per heavy atom. The van der Waals surface area contributed by atoms with E-state index in [1.165, 1.54) is 7.11 Å². The van der Waals surface area contributed by atoms with Crippen molar-refractivity contribution in [1.29, 1.82) is 0 Å². The molecule has 5 nitrogen and oxygen atoms in total. The molecule has 0 aliphatic carbocycles. The van der Waals surface area contributed by atoms with Crippen LogP contribution in [0.15, 0.2) is 23.1 Å². The quantitative estimate of drug-likeness (QED) is 0.774. The number of hydrogen-bond donors (Lipinski definition) is 2. The van der Waals surface area contributed by atoms with Crippen LogP contribution in [0.4, 0.5) is 8.78 Å². The third-order valence-electron chi connectivity index (χ3n) is 2.31. The van der Waals surface area contributed by atoms with Crippen LogP contribution < -0.4 is 4.72 Å². The van der Waals surface area contributed by atoms with Gasteiger partial charge in [0.1, 0.15) is 16.5 Å².